The van der Waals surface area contributed by atoms with Crippen molar-refractivity contribution in [3.05, 3.63) is 70.3 Å². The highest BCUT2D eigenvalue weighted by atomic mass is 79.9. The first-order chi connectivity index (χ1) is 14.0. The van der Waals surface area contributed by atoms with Gasteiger partial charge in [0.05, 0.1) is 5.69 Å². The molecule has 0 aliphatic carbocycles. The maximum Gasteiger partial charge on any atom is 0.356 e. The molecule has 0 aliphatic rings. The third-order valence-corrected chi connectivity index (χ3v) is 4.44. The van der Waals surface area contributed by atoms with E-state index in [9.17, 15) is 14.4 Å². The van der Waals surface area contributed by atoms with Gasteiger partial charge in [-0.15, -0.1) is 0 Å². The van der Waals surface area contributed by atoms with Gasteiger partial charge in [0.1, 0.15) is 5.69 Å². The molecule has 0 atom stereocenters. The fourth-order valence-electron chi connectivity index (χ4n) is 2.48. The molecule has 2 amide bonds. The average Bonchev–Trinajstić information content (AvgIpc) is 3.22. The predicted octanol–water partition coefficient (Wildman–Crippen LogP) is 2.99. The van der Waals surface area contributed by atoms with E-state index in [2.05, 4.69) is 36.8 Å². The lowest BCUT2D eigenvalue weighted by Crippen LogP contribution is -2.22. The summed E-state index contributed by atoms with van der Waals surface area (Å²) < 4.78 is 5.95. The van der Waals surface area contributed by atoms with Gasteiger partial charge in [0.15, 0.2) is 6.61 Å². The molecule has 0 saturated heterocycles. The van der Waals surface area contributed by atoms with Gasteiger partial charge in [-0.2, -0.15) is 5.10 Å². The number of hydrogen-bond acceptors (Lipinski definition) is 5. The second-order valence-electron chi connectivity index (χ2n) is 5.96. The van der Waals surface area contributed by atoms with E-state index in [0.29, 0.717) is 16.9 Å². The van der Waals surface area contributed by atoms with Gasteiger partial charge in [-0.25, -0.2) is 4.79 Å². The van der Waals surface area contributed by atoms with Crippen molar-refractivity contribution in [3.8, 4) is 11.3 Å². The Morgan fingerprint density at radius 1 is 1.10 bits per heavy atom. The van der Waals surface area contributed by atoms with Crippen LogP contribution in [0, 0.1) is 0 Å². The van der Waals surface area contributed by atoms with Crippen LogP contribution in [0.3, 0.4) is 0 Å². The highest BCUT2D eigenvalue weighted by Crippen LogP contribution is 2.20. The fraction of sp³-hybridized carbons (Fsp3) is 0.100. The van der Waals surface area contributed by atoms with Crippen LogP contribution < -0.4 is 10.6 Å². The molecule has 1 heterocycles. The number of hydrogen-bond donors (Lipinski definition) is 3. The number of nitrogens with zero attached hydrogens (tertiary/aromatic N) is 1. The summed E-state index contributed by atoms with van der Waals surface area (Å²) in [5.74, 6) is -1.50. The van der Waals surface area contributed by atoms with Crippen LogP contribution in [0.2, 0.25) is 0 Å². The van der Waals surface area contributed by atoms with E-state index in [1.54, 1.807) is 24.3 Å². The van der Waals surface area contributed by atoms with Crippen LogP contribution in [-0.2, 0) is 9.53 Å². The maximum atomic E-state index is 12.1. The van der Waals surface area contributed by atoms with Crippen LogP contribution in [0.5, 0.6) is 0 Å². The topological polar surface area (TPSA) is 113 Å². The molecule has 3 rings (SSSR count). The smallest absolute Gasteiger partial charge is 0.356 e. The van der Waals surface area contributed by atoms with Gasteiger partial charge in [0.25, 0.3) is 11.8 Å². The van der Waals surface area contributed by atoms with E-state index >= 15 is 0 Å². The molecule has 0 aliphatic heterocycles. The zero-order valence-corrected chi connectivity index (χ0v) is 16.9. The van der Waals surface area contributed by atoms with Gasteiger partial charge in [-0.3, -0.25) is 14.7 Å². The van der Waals surface area contributed by atoms with E-state index < -0.39 is 18.5 Å². The molecule has 29 heavy (non-hydrogen) atoms. The second-order valence-corrected chi connectivity index (χ2v) is 6.87. The van der Waals surface area contributed by atoms with Crippen molar-refractivity contribution in [2.45, 2.75) is 0 Å². The summed E-state index contributed by atoms with van der Waals surface area (Å²) in [7, 11) is 1.52. The summed E-state index contributed by atoms with van der Waals surface area (Å²) in [5.41, 5.74) is 2.38. The normalized spacial score (nSPS) is 10.3. The third-order valence-electron chi connectivity index (χ3n) is 3.91. The number of halogens is 1. The number of H-pyrrole nitrogens is 1. The number of benzene rings is 2. The van der Waals surface area contributed by atoms with Crippen LogP contribution in [0.1, 0.15) is 20.8 Å². The van der Waals surface area contributed by atoms with Gasteiger partial charge in [-0.05, 0) is 36.4 Å². The van der Waals surface area contributed by atoms with E-state index in [0.717, 1.165) is 10.0 Å². The lowest BCUT2D eigenvalue weighted by Gasteiger charge is -2.07. The molecule has 3 N–H and O–H groups in total. The monoisotopic (exact) mass is 456 g/mol. The highest BCUT2D eigenvalue weighted by Gasteiger charge is 2.15. The number of rotatable bonds is 6. The molecule has 9 heteroatoms. The first kappa shape index (κ1) is 20.3. The van der Waals surface area contributed by atoms with Crippen molar-refractivity contribution in [3.63, 3.8) is 0 Å². The molecule has 0 unspecified atom stereocenters. The summed E-state index contributed by atoms with van der Waals surface area (Å²) in [6, 6.07) is 15.4. The zero-order valence-electron chi connectivity index (χ0n) is 15.4. The van der Waals surface area contributed by atoms with Crippen molar-refractivity contribution < 1.29 is 19.1 Å². The quantitative estimate of drug-likeness (QED) is 0.493. The number of carbonyl (C=O) groups excluding carboxylic acids is 3. The Hall–Kier alpha value is -3.46. The molecular weight excluding hydrogens is 440 g/mol. The van der Waals surface area contributed by atoms with Crippen LogP contribution in [-0.4, -0.2) is 41.6 Å². The largest absolute Gasteiger partial charge is 0.451 e. The second kappa shape index (κ2) is 9.16. The Morgan fingerprint density at radius 3 is 2.59 bits per heavy atom. The fourth-order valence-corrected chi connectivity index (χ4v) is 2.75. The number of amides is 2. The SMILES string of the molecule is CNC(=O)c1cccc(NC(=O)COC(=O)c2cc(-c3ccc(Br)cc3)n[nH]2)c1. The molecule has 0 bridgehead atoms. The van der Waals surface area contributed by atoms with E-state index in [4.69, 9.17) is 4.74 Å². The van der Waals surface area contributed by atoms with Crippen molar-refractivity contribution >= 4 is 39.4 Å². The molecule has 1 aromatic heterocycles. The molecule has 0 saturated carbocycles. The molecule has 0 radical (unpaired) electrons. The predicted molar refractivity (Wildman–Crippen MR) is 110 cm³/mol. The molecule has 0 spiro atoms. The lowest BCUT2D eigenvalue weighted by atomic mass is 10.1. The number of carbonyl (C=O) groups is 3. The number of esters is 1. The Kier molecular flexibility index (Phi) is 6.40. The minimum atomic E-state index is -0.699. The number of ether oxygens (including phenoxy) is 1. The summed E-state index contributed by atoms with van der Waals surface area (Å²) in [6.45, 7) is -0.477. The standard InChI is InChI=1S/C20H17BrN4O4/c1-22-19(27)13-3-2-4-15(9-13)23-18(26)11-29-20(28)17-10-16(24-25-17)12-5-7-14(21)8-6-12/h2-10H,11H2,1H3,(H,22,27)(H,23,26)(H,24,25). The minimum Gasteiger partial charge on any atom is -0.451 e. The molecule has 3 aromatic rings. The Bertz CT molecular complexity index is 1050. The van der Waals surface area contributed by atoms with Crippen molar-refractivity contribution in [2.75, 3.05) is 19.0 Å². The minimum absolute atomic E-state index is 0.136. The molecule has 8 nitrogen and oxygen atoms in total. The van der Waals surface area contributed by atoms with E-state index in [1.165, 1.54) is 13.1 Å². The Morgan fingerprint density at radius 2 is 1.86 bits per heavy atom. The van der Waals surface area contributed by atoms with Gasteiger partial charge in [-0.1, -0.05) is 34.1 Å². The Balaban J connectivity index is 1.56. The zero-order chi connectivity index (χ0) is 20.8. The van der Waals surface area contributed by atoms with E-state index in [1.807, 2.05) is 24.3 Å². The number of anilines is 1. The first-order valence-corrected chi connectivity index (χ1v) is 9.36. The van der Waals surface area contributed by atoms with Gasteiger partial charge in [0.2, 0.25) is 0 Å². The number of aromatic nitrogens is 2. The van der Waals surface area contributed by atoms with Gasteiger partial charge in [0, 0.05) is 28.3 Å². The third kappa shape index (κ3) is 5.29. The summed E-state index contributed by atoms with van der Waals surface area (Å²) >= 11 is 3.36. The summed E-state index contributed by atoms with van der Waals surface area (Å²) in [4.78, 5) is 35.8. The van der Waals surface area contributed by atoms with Crippen LogP contribution in [0.15, 0.2) is 59.1 Å². The average molecular weight is 457 g/mol. The van der Waals surface area contributed by atoms with Crippen molar-refractivity contribution in [1.29, 1.82) is 0 Å². The molecule has 0 fully saturated rings. The molecular formula is C20H17BrN4O4. The van der Waals surface area contributed by atoms with Crippen LogP contribution in [0.4, 0.5) is 5.69 Å². The summed E-state index contributed by atoms with van der Waals surface area (Å²) in [5, 5.41) is 11.8. The highest BCUT2D eigenvalue weighted by molar-refractivity contribution is 9.10. The van der Waals surface area contributed by atoms with Crippen molar-refractivity contribution in [1.82, 2.24) is 15.5 Å². The molecule has 2 aromatic carbocycles. The van der Waals surface area contributed by atoms with Crippen molar-refractivity contribution in [2.24, 2.45) is 0 Å². The number of aromatic amines is 1. The van der Waals surface area contributed by atoms with Gasteiger partial charge < -0.3 is 15.4 Å². The summed E-state index contributed by atoms with van der Waals surface area (Å²) in [6.07, 6.45) is 0. The lowest BCUT2D eigenvalue weighted by molar-refractivity contribution is -0.119. The van der Waals surface area contributed by atoms with Gasteiger partial charge >= 0.3 is 5.97 Å². The first-order valence-electron chi connectivity index (χ1n) is 8.57. The molecule has 148 valence electrons. The van der Waals surface area contributed by atoms with E-state index in [-0.39, 0.29) is 11.6 Å². The maximum absolute atomic E-state index is 12.1. The number of nitrogens with one attached hydrogen (secondary N) is 3. The van der Waals surface area contributed by atoms with Crippen LogP contribution >= 0.6 is 15.9 Å². The van der Waals surface area contributed by atoms with Crippen LogP contribution in [0.25, 0.3) is 11.3 Å². The Labute approximate surface area is 174 Å².